The van der Waals surface area contributed by atoms with Gasteiger partial charge in [-0.2, -0.15) is 0 Å². The molecule has 1 heterocycles. The number of carbonyl (C=O) groups is 1. The van der Waals surface area contributed by atoms with Crippen LogP contribution in [0.4, 0.5) is 0 Å². The fourth-order valence-electron chi connectivity index (χ4n) is 2.32. The lowest BCUT2D eigenvalue weighted by Crippen LogP contribution is -2.46. The molecule has 2 rings (SSSR count). The van der Waals surface area contributed by atoms with Gasteiger partial charge < -0.3 is 15.4 Å². The summed E-state index contributed by atoms with van der Waals surface area (Å²) in [5, 5.41) is 6.33. The Morgan fingerprint density at radius 2 is 2.29 bits per heavy atom. The zero-order valence-corrected chi connectivity index (χ0v) is 11.3. The minimum Gasteiger partial charge on any atom is -0.378 e. The number of morpholine rings is 1. The van der Waals surface area contributed by atoms with Gasteiger partial charge in [-0.25, -0.2) is 0 Å². The number of carbonyl (C=O) groups excluding carboxylic acids is 1. The first-order valence-corrected chi connectivity index (χ1v) is 6.26. The molecule has 0 aromatic carbocycles. The third kappa shape index (κ3) is 4.45. The number of halogens is 1. The Kier molecular flexibility index (Phi) is 5.70. The average Bonchev–Trinajstić information content (AvgIpc) is 2.25. The summed E-state index contributed by atoms with van der Waals surface area (Å²) in [6, 6.07) is 0.197. The zero-order valence-electron chi connectivity index (χ0n) is 10.5. The molecule has 2 fully saturated rings. The van der Waals surface area contributed by atoms with E-state index in [1.807, 2.05) is 0 Å². The lowest BCUT2D eigenvalue weighted by atomic mass is 9.70. The van der Waals surface area contributed by atoms with Crippen LogP contribution in [0.1, 0.15) is 32.6 Å². The Balaban J connectivity index is 0.00000144. The summed E-state index contributed by atoms with van der Waals surface area (Å²) < 4.78 is 5.32. The molecule has 5 heteroatoms. The van der Waals surface area contributed by atoms with Crippen LogP contribution in [0.2, 0.25) is 0 Å². The van der Waals surface area contributed by atoms with Crippen molar-refractivity contribution in [3.05, 3.63) is 0 Å². The van der Waals surface area contributed by atoms with E-state index in [0.29, 0.717) is 18.4 Å². The minimum atomic E-state index is 0. The molecule has 1 aliphatic carbocycles. The average molecular weight is 263 g/mol. The monoisotopic (exact) mass is 262 g/mol. The van der Waals surface area contributed by atoms with Crippen molar-refractivity contribution in [2.75, 3.05) is 26.3 Å². The molecule has 0 bridgehead atoms. The summed E-state index contributed by atoms with van der Waals surface area (Å²) >= 11 is 0. The predicted molar refractivity (Wildman–Crippen MR) is 69.4 cm³/mol. The van der Waals surface area contributed by atoms with Crippen molar-refractivity contribution in [2.45, 2.75) is 38.6 Å². The van der Waals surface area contributed by atoms with Gasteiger partial charge in [0.1, 0.15) is 0 Å². The lowest BCUT2D eigenvalue weighted by molar-refractivity contribution is -0.123. The van der Waals surface area contributed by atoms with Crippen LogP contribution in [-0.4, -0.2) is 38.3 Å². The SMILES string of the molecule is CC1(CNC(=O)CC2COCCN2)CCC1.Cl. The maximum Gasteiger partial charge on any atom is 0.221 e. The fourth-order valence-corrected chi connectivity index (χ4v) is 2.32. The van der Waals surface area contributed by atoms with Crippen molar-refractivity contribution in [3.63, 3.8) is 0 Å². The minimum absolute atomic E-state index is 0. The quantitative estimate of drug-likeness (QED) is 0.798. The second-order valence-electron chi connectivity index (χ2n) is 5.37. The molecule has 4 nitrogen and oxygen atoms in total. The van der Waals surface area contributed by atoms with Gasteiger partial charge in [0.25, 0.3) is 0 Å². The summed E-state index contributed by atoms with van der Waals surface area (Å²) in [5.74, 6) is 0.149. The van der Waals surface area contributed by atoms with E-state index in [0.717, 1.165) is 19.7 Å². The highest BCUT2D eigenvalue weighted by atomic mass is 35.5. The Hall–Kier alpha value is -0.320. The van der Waals surface area contributed by atoms with Crippen LogP contribution in [0, 0.1) is 5.41 Å². The molecule has 2 aliphatic rings. The van der Waals surface area contributed by atoms with E-state index in [-0.39, 0.29) is 24.4 Å². The molecule has 17 heavy (non-hydrogen) atoms. The van der Waals surface area contributed by atoms with Crippen LogP contribution in [0.5, 0.6) is 0 Å². The molecule has 1 aliphatic heterocycles. The highest BCUT2D eigenvalue weighted by molar-refractivity contribution is 5.85. The Labute approximate surface area is 109 Å². The molecule has 1 atom stereocenters. The topological polar surface area (TPSA) is 50.4 Å². The maximum absolute atomic E-state index is 11.7. The van der Waals surface area contributed by atoms with Crippen LogP contribution in [0.25, 0.3) is 0 Å². The largest absolute Gasteiger partial charge is 0.378 e. The van der Waals surface area contributed by atoms with Gasteiger partial charge in [-0.1, -0.05) is 13.3 Å². The standard InChI is InChI=1S/C12H22N2O2.ClH/c1-12(3-2-4-12)9-14-11(15)7-10-8-16-6-5-13-10;/h10,13H,2-9H2,1H3,(H,14,15);1H. The van der Waals surface area contributed by atoms with Crippen LogP contribution in [0.3, 0.4) is 0 Å². The van der Waals surface area contributed by atoms with Gasteiger partial charge in [-0.05, 0) is 18.3 Å². The van der Waals surface area contributed by atoms with E-state index in [1.54, 1.807) is 0 Å². The number of ether oxygens (including phenoxy) is 1. The normalized spacial score (nSPS) is 26.5. The molecule has 0 radical (unpaired) electrons. The molecule has 1 saturated carbocycles. The third-order valence-electron chi connectivity index (χ3n) is 3.70. The van der Waals surface area contributed by atoms with Gasteiger partial charge >= 0.3 is 0 Å². The molecular weight excluding hydrogens is 240 g/mol. The van der Waals surface area contributed by atoms with E-state index in [2.05, 4.69) is 17.6 Å². The third-order valence-corrected chi connectivity index (χ3v) is 3.70. The van der Waals surface area contributed by atoms with E-state index < -0.39 is 0 Å². The maximum atomic E-state index is 11.7. The van der Waals surface area contributed by atoms with E-state index in [4.69, 9.17) is 4.74 Å². The van der Waals surface area contributed by atoms with Crippen LogP contribution in [-0.2, 0) is 9.53 Å². The molecule has 2 N–H and O–H groups in total. The summed E-state index contributed by atoms with van der Waals surface area (Å²) in [5.41, 5.74) is 0.367. The number of hydrogen-bond donors (Lipinski definition) is 2. The summed E-state index contributed by atoms with van der Waals surface area (Å²) in [6.07, 6.45) is 4.34. The van der Waals surface area contributed by atoms with E-state index >= 15 is 0 Å². The molecule has 0 aromatic heterocycles. The molecule has 0 spiro atoms. The Morgan fingerprint density at radius 1 is 1.53 bits per heavy atom. The predicted octanol–water partition coefficient (Wildman–Crippen LogP) is 1.09. The molecule has 1 unspecified atom stereocenters. The fraction of sp³-hybridized carbons (Fsp3) is 0.917. The first kappa shape index (κ1) is 14.7. The van der Waals surface area contributed by atoms with Gasteiger partial charge in [0.15, 0.2) is 0 Å². The molecule has 1 amide bonds. The van der Waals surface area contributed by atoms with Gasteiger partial charge in [-0.3, -0.25) is 4.79 Å². The van der Waals surface area contributed by atoms with Gasteiger partial charge in [0.05, 0.1) is 13.2 Å². The second-order valence-corrected chi connectivity index (χ2v) is 5.37. The lowest BCUT2D eigenvalue weighted by Gasteiger charge is -2.38. The van der Waals surface area contributed by atoms with Crippen molar-refractivity contribution in [3.8, 4) is 0 Å². The van der Waals surface area contributed by atoms with Gasteiger partial charge in [0, 0.05) is 25.6 Å². The van der Waals surface area contributed by atoms with Crippen LogP contribution >= 0.6 is 12.4 Å². The Morgan fingerprint density at radius 3 is 2.82 bits per heavy atom. The highest BCUT2D eigenvalue weighted by Gasteiger charge is 2.32. The number of hydrogen-bond acceptors (Lipinski definition) is 3. The smallest absolute Gasteiger partial charge is 0.221 e. The molecular formula is C12H23ClN2O2. The van der Waals surface area contributed by atoms with Gasteiger partial charge in [-0.15, -0.1) is 12.4 Å². The molecule has 0 aromatic rings. The van der Waals surface area contributed by atoms with Crippen molar-refractivity contribution in [2.24, 2.45) is 5.41 Å². The first-order chi connectivity index (χ1) is 7.68. The van der Waals surface area contributed by atoms with Gasteiger partial charge in [0.2, 0.25) is 5.91 Å². The summed E-state index contributed by atoms with van der Waals surface area (Å²) in [7, 11) is 0. The zero-order chi connectivity index (χ0) is 11.4. The highest BCUT2D eigenvalue weighted by Crippen LogP contribution is 2.39. The van der Waals surface area contributed by atoms with Crippen LogP contribution in [0.15, 0.2) is 0 Å². The summed E-state index contributed by atoms with van der Waals surface area (Å²) in [4.78, 5) is 11.7. The van der Waals surface area contributed by atoms with Crippen molar-refractivity contribution in [1.82, 2.24) is 10.6 Å². The molecule has 1 saturated heterocycles. The number of rotatable bonds is 4. The summed E-state index contributed by atoms with van der Waals surface area (Å²) in [6.45, 7) is 5.36. The van der Waals surface area contributed by atoms with Crippen molar-refractivity contribution >= 4 is 18.3 Å². The number of amides is 1. The van der Waals surface area contributed by atoms with Crippen molar-refractivity contribution in [1.29, 1.82) is 0 Å². The van der Waals surface area contributed by atoms with Crippen LogP contribution < -0.4 is 10.6 Å². The second kappa shape index (κ2) is 6.57. The number of nitrogens with one attached hydrogen (secondary N) is 2. The van der Waals surface area contributed by atoms with E-state index in [9.17, 15) is 4.79 Å². The molecule has 100 valence electrons. The first-order valence-electron chi connectivity index (χ1n) is 6.26. The Bertz CT molecular complexity index is 251. The van der Waals surface area contributed by atoms with E-state index in [1.165, 1.54) is 19.3 Å². The van der Waals surface area contributed by atoms with Crippen molar-refractivity contribution < 1.29 is 9.53 Å².